The minimum atomic E-state index is -0.597. The van der Waals surface area contributed by atoms with Gasteiger partial charge in [-0.3, -0.25) is 4.79 Å². The van der Waals surface area contributed by atoms with Crippen LogP contribution in [0.25, 0.3) is 0 Å². The zero-order valence-corrected chi connectivity index (χ0v) is 15.2. The fourth-order valence-corrected chi connectivity index (χ4v) is 2.23. The maximum atomic E-state index is 12.0. The number of rotatable bonds is 6. The van der Waals surface area contributed by atoms with Gasteiger partial charge in [-0.25, -0.2) is 4.79 Å². The fourth-order valence-electron chi connectivity index (χ4n) is 1.93. The summed E-state index contributed by atoms with van der Waals surface area (Å²) in [6.07, 6.45) is 0.0443. The van der Waals surface area contributed by atoms with E-state index in [1.807, 2.05) is 13.8 Å². The van der Waals surface area contributed by atoms with Gasteiger partial charge in [0.25, 0.3) is 5.91 Å². The molecular formula is C18H17Cl2NO4. The summed E-state index contributed by atoms with van der Waals surface area (Å²) in [5, 5.41) is 3.27. The quantitative estimate of drug-likeness (QED) is 0.743. The van der Waals surface area contributed by atoms with Crippen LogP contribution in [0.2, 0.25) is 10.0 Å². The molecule has 0 saturated carbocycles. The minimum Gasteiger partial charge on any atom is -0.491 e. The van der Waals surface area contributed by atoms with E-state index in [4.69, 9.17) is 32.7 Å². The van der Waals surface area contributed by atoms with Crippen molar-refractivity contribution in [3.63, 3.8) is 0 Å². The molecule has 132 valence electrons. The molecule has 0 radical (unpaired) electrons. The Hall–Kier alpha value is -2.24. The molecule has 0 aliphatic carbocycles. The van der Waals surface area contributed by atoms with Crippen LogP contribution in [0.1, 0.15) is 24.2 Å². The normalized spacial score (nSPS) is 10.4. The van der Waals surface area contributed by atoms with Gasteiger partial charge in [-0.1, -0.05) is 23.2 Å². The van der Waals surface area contributed by atoms with E-state index in [9.17, 15) is 9.59 Å². The van der Waals surface area contributed by atoms with Crippen LogP contribution >= 0.6 is 23.2 Å². The van der Waals surface area contributed by atoms with E-state index >= 15 is 0 Å². The van der Waals surface area contributed by atoms with Gasteiger partial charge in [-0.15, -0.1) is 0 Å². The lowest BCUT2D eigenvalue weighted by Gasteiger charge is -2.10. The standard InChI is InChI=1S/C18H17Cl2NO4/c1-11(2)25-14-6-3-12(4-7-14)18(23)24-10-17(22)21-13-5-8-15(19)16(20)9-13/h3-9,11H,10H2,1-2H3,(H,21,22). The number of carbonyl (C=O) groups is 2. The van der Waals surface area contributed by atoms with Crippen molar-refractivity contribution in [2.45, 2.75) is 20.0 Å². The number of ether oxygens (including phenoxy) is 2. The van der Waals surface area contributed by atoms with Crippen LogP contribution in [0.4, 0.5) is 5.69 Å². The molecule has 2 aromatic rings. The second-order valence-electron chi connectivity index (χ2n) is 5.44. The molecule has 0 bridgehead atoms. The Morgan fingerprint density at radius 3 is 2.32 bits per heavy atom. The summed E-state index contributed by atoms with van der Waals surface area (Å²) >= 11 is 11.7. The average Bonchev–Trinajstić information content (AvgIpc) is 2.56. The van der Waals surface area contributed by atoms with Gasteiger partial charge in [0.15, 0.2) is 6.61 Å². The Bertz CT molecular complexity index is 760. The van der Waals surface area contributed by atoms with Crippen LogP contribution < -0.4 is 10.1 Å². The first-order chi connectivity index (χ1) is 11.8. The lowest BCUT2D eigenvalue weighted by molar-refractivity contribution is -0.119. The van der Waals surface area contributed by atoms with E-state index in [1.165, 1.54) is 6.07 Å². The highest BCUT2D eigenvalue weighted by Crippen LogP contribution is 2.24. The van der Waals surface area contributed by atoms with Crippen LogP contribution in [0.3, 0.4) is 0 Å². The second-order valence-corrected chi connectivity index (χ2v) is 6.26. The van der Waals surface area contributed by atoms with Crippen molar-refractivity contribution in [1.29, 1.82) is 0 Å². The molecule has 7 heteroatoms. The number of anilines is 1. The van der Waals surface area contributed by atoms with Gasteiger partial charge in [0.05, 0.1) is 21.7 Å². The summed E-state index contributed by atoms with van der Waals surface area (Å²) < 4.78 is 10.5. The topological polar surface area (TPSA) is 64.6 Å². The Labute approximate surface area is 155 Å². The predicted octanol–water partition coefficient (Wildman–Crippen LogP) is 4.58. The van der Waals surface area contributed by atoms with E-state index in [2.05, 4.69) is 5.32 Å². The van der Waals surface area contributed by atoms with Gasteiger partial charge in [-0.05, 0) is 56.3 Å². The van der Waals surface area contributed by atoms with Gasteiger partial charge in [0, 0.05) is 5.69 Å². The van der Waals surface area contributed by atoms with Crippen LogP contribution in [0, 0.1) is 0 Å². The smallest absolute Gasteiger partial charge is 0.338 e. The van der Waals surface area contributed by atoms with E-state index in [-0.39, 0.29) is 6.10 Å². The third kappa shape index (κ3) is 5.96. The summed E-state index contributed by atoms with van der Waals surface area (Å²) in [5.41, 5.74) is 0.795. The first kappa shape index (κ1) is 19.1. The lowest BCUT2D eigenvalue weighted by atomic mass is 10.2. The van der Waals surface area contributed by atoms with Crippen molar-refractivity contribution in [3.8, 4) is 5.75 Å². The molecule has 2 aromatic carbocycles. The third-order valence-corrected chi connectivity index (χ3v) is 3.74. The second kappa shape index (κ2) is 8.74. The highest BCUT2D eigenvalue weighted by atomic mass is 35.5. The van der Waals surface area contributed by atoms with Gasteiger partial charge >= 0.3 is 5.97 Å². The predicted molar refractivity (Wildman–Crippen MR) is 97.6 cm³/mol. The Kier molecular flexibility index (Phi) is 6.67. The molecule has 0 aliphatic heterocycles. The van der Waals surface area contributed by atoms with Crippen molar-refractivity contribution in [2.75, 3.05) is 11.9 Å². The van der Waals surface area contributed by atoms with Crippen molar-refractivity contribution in [2.24, 2.45) is 0 Å². The Morgan fingerprint density at radius 2 is 1.72 bits per heavy atom. The SMILES string of the molecule is CC(C)Oc1ccc(C(=O)OCC(=O)Nc2ccc(Cl)c(Cl)c2)cc1. The molecule has 1 amide bonds. The van der Waals surface area contributed by atoms with E-state index < -0.39 is 18.5 Å². The Balaban J connectivity index is 1.86. The third-order valence-electron chi connectivity index (χ3n) is 3.00. The van der Waals surface area contributed by atoms with Gasteiger partial charge in [0.2, 0.25) is 0 Å². The van der Waals surface area contributed by atoms with Crippen molar-refractivity contribution in [3.05, 3.63) is 58.1 Å². The summed E-state index contributed by atoms with van der Waals surface area (Å²) in [5.74, 6) is -0.421. The zero-order valence-electron chi connectivity index (χ0n) is 13.7. The van der Waals surface area contributed by atoms with Crippen molar-refractivity contribution >= 4 is 40.8 Å². The lowest BCUT2D eigenvalue weighted by Crippen LogP contribution is -2.20. The fraction of sp³-hybridized carbons (Fsp3) is 0.222. The first-order valence-corrected chi connectivity index (χ1v) is 8.29. The molecule has 0 spiro atoms. The highest BCUT2D eigenvalue weighted by Gasteiger charge is 2.11. The summed E-state index contributed by atoms with van der Waals surface area (Å²) in [4.78, 5) is 23.8. The maximum Gasteiger partial charge on any atom is 0.338 e. The van der Waals surface area contributed by atoms with Crippen molar-refractivity contribution < 1.29 is 19.1 Å². The minimum absolute atomic E-state index is 0.0443. The molecule has 0 unspecified atom stereocenters. The number of nitrogens with one attached hydrogen (secondary N) is 1. The number of amides is 1. The van der Waals surface area contributed by atoms with Crippen LogP contribution in [-0.2, 0) is 9.53 Å². The van der Waals surface area contributed by atoms with Gasteiger partial charge in [0.1, 0.15) is 5.75 Å². The monoisotopic (exact) mass is 381 g/mol. The van der Waals surface area contributed by atoms with Gasteiger partial charge in [-0.2, -0.15) is 0 Å². The molecule has 0 saturated heterocycles. The zero-order chi connectivity index (χ0) is 18.4. The molecular weight excluding hydrogens is 365 g/mol. The Morgan fingerprint density at radius 1 is 1.04 bits per heavy atom. The first-order valence-electron chi connectivity index (χ1n) is 7.54. The molecule has 0 heterocycles. The van der Waals surface area contributed by atoms with E-state index in [0.29, 0.717) is 27.0 Å². The number of carbonyl (C=O) groups excluding carboxylic acids is 2. The van der Waals surface area contributed by atoms with Crippen LogP contribution in [0.5, 0.6) is 5.75 Å². The van der Waals surface area contributed by atoms with E-state index in [0.717, 1.165) is 0 Å². The van der Waals surface area contributed by atoms with E-state index in [1.54, 1.807) is 36.4 Å². The van der Waals surface area contributed by atoms with Crippen LogP contribution in [-0.4, -0.2) is 24.6 Å². The number of hydrogen-bond donors (Lipinski definition) is 1. The maximum absolute atomic E-state index is 12.0. The molecule has 5 nitrogen and oxygen atoms in total. The van der Waals surface area contributed by atoms with Crippen molar-refractivity contribution in [1.82, 2.24) is 0 Å². The van der Waals surface area contributed by atoms with Crippen LogP contribution in [0.15, 0.2) is 42.5 Å². The molecule has 2 rings (SSSR count). The highest BCUT2D eigenvalue weighted by molar-refractivity contribution is 6.42. The molecule has 0 aliphatic rings. The molecule has 0 atom stereocenters. The molecule has 1 N–H and O–H groups in total. The molecule has 0 aromatic heterocycles. The summed E-state index contributed by atoms with van der Waals surface area (Å²) in [7, 11) is 0. The molecule has 25 heavy (non-hydrogen) atoms. The number of esters is 1. The van der Waals surface area contributed by atoms with Gasteiger partial charge < -0.3 is 14.8 Å². The number of benzene rings is 2. The largest absolute Gasteiger partial charge is 0.491 e. The summed E-state index contributed by atoms with van der Waals surface area (Å²) in [6.45, 7) is 3.41. The summed E-state index contributed by atoms with van der Waals surface area (Å²) in [6, 6.07) is 11.2. The number of hydrogen-bond acceptors (Lipinski definition) is 4. The molecule has 0 fully saturated rings. The number of halogens is 2. The average molecular weight is 382 g/mol.